The summed E-state index contributed by atoms with van der Waals surface area (Å²) in [7, 11) is 0. The summed E-state index contributed by atoms with van der Waals surface area (Å²) in [4.78, 5) is 15.1. The summed E-state index contributed by atoms with van der Waals surface area (Å²) in [5.74, 6) is 1.00. The number of hydrogen-bond acceptors (Lipinski definition) is 2. The van der Waals surface area contributed by atoms with Gasteiger partial charge in [-0.1, -0.05) is 93.6 Å². The van der Waals surface area contributed by atoms with Crippen molar-refractivity contribution in [3.05, 3.63) is 83.9 Å². The molecule has 1 amide bonds. The lowest BCUT2D eigenvalue weighted by Crippen LogP contribution is -2.38. The number of nitrogens with zero attached hydrogens (tertiary/aromatic N) is 1. The van der Waals surface area contributed by atoms with Gasteiger partial charge >= 0.3 is 0 Å². The smallest absolute Gasteiger partial charge is 0.227 e. The molecule has 3 nitrogen and oxygen atoms in total. The Morgan fingerprint density at radius 3 is 2.34 bits per heavy atom. The highest BCUT2D eigenvalue weighted by molar-refractivity contribution is 5.86. The van der Waals surface area contributed by atoms with Gasteiger partial charge in [-0.05, 0) is 34.7 Å². The molecule has 170 valence electrons. The van der Waals surface area contributed by atoms with Crippen LogP contribution in [0.15, 0.2) is 72.8 Å². The number of benzene rings is 3. The Labute approximate surface area is 198 Å². The average molecular weight is 451 g/mol. The highest BCUT2D eigenvalue weighted by Crippen LogP contribution is 2.35. The fourth-order valence-electron chi connectivity index (χ4n) is 4.86. The Bertz CT molecular complexity index is 1040. The van der Waals surface area contributed by atoms with Gasteiger partial charge in [0.15, 0.2) is 0 Å². The number of rotatable bonds is 5. The van der Waals surface area contributed by atoms with Crippen LogP contribution in [0, 0.1) is 11.3 Å². The van der Waals surface area contributed by atoms with E-state index in [0.717, 1.165) is 19.6 Å². The monoisotopic (exact) mass is 450 g/mol. The van der Waals surface area contributed by atoms with Crippen LogP contribution < -0.4 is 5.32 Å². The van der Waals surface area contributed by atoms with Gasteiger partial charge in [0.2, 0.25) is 5.91 Å². The number of carbonyl (C=O) groups is 1. The Balaban J connectivity index is 0.00000289. The molecule has 3 aromatic rings. The number of hydrogen-bond donors (Lipinski definition) is 1. The zero-order valence-electron chi connectivity index (χ0n) is 19.5. The third kappa shape index (κ3) is 5.16. The van der Waals surface area contributed by atoms with Gasteiger partial charge < -0.3 is 10.2 Å². The van der Waals surface area contributed by atoms with Gasteiger partial charge in [-0.3, -0.25) is 4.79 Å². The first kappa shape index (κ1) is 24.3. The van der Waals surface area contributed by atoms with E-state index in [0.29, 0.717) is 11.8 Å². The van der Waals surface area contributed by atoms with Gasteiger partial charge in [0.25, 0.3) is 0 Å². The molecule has 1 heterocycles. The van der Waals surface area contributed by atoms with E-state index < -0.39 is 0 Å². The summed E-state index contributed by atoms with van der Waals surface area (Å²) in [6.45, 7) is 10.8. The molecule has 4 rings (SSSR count). The van der Waals surface area contributed by atoms with Crippen molar-refractivity contribution in [1.82, 2.24) is 10.2 Å². The van der Waals surface area contributed by atoms with Crippen LogP contribution >= 0.6 is 12.4 Å². The van der Waals surface area contributed by atoms with Crippen LogP contribution in [-0.2, 0) is 4.79 Å². The van der Waals surface area contributed by atoms with Gasteiger partial charge in [0, 0.05) is 37.0 Å². The topological polar surface area (TPSA) is 32.3 Å². The lowest BCUT2D eigenvalue weighted by Gasteiger charge is -2.26. The second-order valence-electron chi connectivity index (χ2n) is 9.94. The summed E-state index contributed by atoms with van der Waals surface area (Å²) in [6, 6.07) is 26.0. The second-order valence-corrected chi connectivity index (χ2v) is 9.94. The molecule has 3 atom stereocenters. The number of likely N-dealkylation sites (tertiary alicyclic amines) is 1. The van der Waals surface area contributed by atoms with Crippen LogP contribution in [0.4, 0.5) is 0 Å². The maximum atomic E-state index is 13.0. The molecule has 0 spiro atoms. The molecule has 4 heteroatoms. The first-order valence-electron chi connectivity index (χ1n) is 11.4. The van der Waals surface area contributed by atoms with E-state index in [1.54, 1.807) is 0 Å². The van der Waals surface area contributed by atoms with Crippen molar-refractivity contribution in [2.45, 2.75) is 39.7 Å². The van der Waals surface area contributed by atoms with Gasteiger partial charge in [0.1, 0.15) is 0 Å². The van der Waals surface area contributed by atoms with Crippen molar-refractivity contribution in [3.63, 3.8) is 0 Å². The van der Waals surface area contributed by atoms with E-state index >= 15 is 0 Å². The molecule has 0 aliphatic carbocycles. The lowest BCUT2D eigenvalue weighted by molar-refractivity contribution is -0.138. The number of carbonyl (C=O) groups excluding carboxylic acids is 1. The van der Waals surface area contributed by atoms with Crippen molar-refractivity contribution < 1.29 is 4.79 Å². The minimum atomic E-state index is -0.347. The number of halogens is 1. The largest absolute Gasteiger partial charge is 0.341 e. The number of fused-ring (bicyclic) bond motifs is 1. The number of amides is 1. The molecule has 1 aliphatic heterocycles. The van der Waals surface area contributed by atoms with Crippen molar-refractivity contribution >= 4 is 29.1 Å². The van der Waals surface area contributed by atoms with Gasteiger partial charge in [-0.2, -0.15) is 0 Å². The third-order valence-corrected chi connectivity index (χ3v) is 6.57. The molecule has 0 bridgehead atoms. The van der Waals surface area contributed by atoms with E-state index in [1.165, 1.54) is 21.9 Å². The maximum Gasteiger partial charge on any atom is 0.227 e. The van der Waals surface area contributed by atoms with Crippen LogP contribution in [0.5, 0.6) is 0 Å². The molecule has 0 aromatic heterocycles. The van der Waals surface area contributed by atoms with E-state index in [-0.39, 0.29) is 29.8 Å². The van der Waals surface area contributed by atoms with Crippen molar-refractivity contribution in [2.24, 2.45) is 11.3 Å². The van der Waals surface area contributed by atoms with E-state index in [4.69, 9.17) is 0 Å². The minimum Gasteiger partial charge on any atom is -0.341 e. The zero-order valence-corrected chi connectivity index (χ0v) is 20.4. The predicted octanol–water partition coefficient (Wildman–Crippen LogP) is 6.20. The second kappa shape index (κ2) is 10.1. The van der Waals surface area contributed by atoms with E-state index in [1.807, 2.05) is 20.8 Å². The lowest BCUT2D eigenvalue weighted by atomic mass is 9.88. The SMILES string of the molecule is CC(NCC1CN(C(=O)C(C)(C)C)CC1c1ccccc1)c1cccc2ccccc12.Cl. The van der Waals surface area contributed by atoms with Crippen LogP contribution in [0.3, 0.4) is 0 Å². The predicted molar refractivity (Wildman–Crippen MR) is 136 cm³/mol. The highest BCUT2D eigenvalue weighted by atomic mass is 35.5. The van der Waals surface area contributed by atoms with Crippen LogP contribution in [-0.4, -0.2) is 30.4 Å². The average Bonchev–Trinajstić information content (AvgIpc) is 3.20. The Kier molecular flexibility index (Phi) is 7.63. The zero-order chi connectivity index (χ0) is 22.0. The summed E-state index contributed by atoms with van der Waals surface area (Å²) in [5.41, 5.74) is 2.31. The van der Waals surface area contributed by atoms with E-state index in [9.17, 15) is 4.79 Å². The standard InChI is InChI=1S/C28H34N2O.ClH/c1-20(24-16-10-14-21-13-8-9-15-25(21)24)29-17-23-18-30(27(31)28(2,3)4)19-26(23)22-11-6-5-7-12-22;/h5-16,20,23,26,29H,17-19H2,1-4H3;1H. The van der Waals surface area contributed by atoms with Crippen LogP contribution in [0.25, 0.3) is 10.8 Å². The molecule has 32 heavy (non-hydrogen) atoms. The summed E-state index contributed by atoms with van der Waals surface area (Å²) in [5, 5.41) is 6.38. The first-order chi connectivity index (χ1) is 14.8. The van der Waals surface area contributed by atoms with E-state index in [2.05, 4.69) is 89.9 Å². The molecule has 1 N–H and O–H groups in total. The molecule has 1 saturated heterocycles. The minimum absolute atomic E-state index is 0. The highest BCUT2D eigenvalue weighted by Gasteiger charge is 2.39. The Morgan fingerprint density at radius 2 is 1.62 bits per heavy atom. The maximum absolute atomic E-state index is 13.0. The normalized spacial score (nSPS) is 19.6. The van der Waals surface area contributed by atoms with Crippen LogP contribution in [0.2, 0.25) is 0 Å². The van der Waals surface area contributed by atoms with Crippen LogP contribution in [0.1, 0.15) is 50.8 Å². The molecule has 3 unspecified atom stereocenters. The quantitative estimate of drug-likeness (QED) is 0.501. The molecule has 0 saturated carbocycles. The first-order valence-corrected chi connectivity index (χ1v) is 11.4. The number of nitrogens with one attached hydrogen (secondary N) is 1. The molecular formula is C28H35ClN2O. The molecule has 1 aliphatic rings. The molecular weight excluding hydrogens is 416 g/mol. The van der Waals surface area contributed by atoms with Gasteiger partial charge in [0.05, 0.1) is 0 Å². The summed E-state index contributed by atoms with van der Waals surface area (Å²) < 4.78 is 0. The van der Waals surface area contributed by atoms with Gasteiger partial charge in [-0.15, -0.1) is 12.4 Å². The summed E-state index contributed by atoms with van der Waals surface area (Å²) >= 11 is 0. The Morgan fingerprint density at radius 1 is 0.969 bits per heavy atom. The fourth-order valence-corrected chi connectivity index (χ4v) is 4.86. The fraction of sp³-hybridized carbons (Fsp3) is 0.393. The Hall–Kier alpha value is -2.36. The molecule has 0 radical (unpaired) electrons. The third-order valence-electron chi connectivity index (χ3n) is 6.57. The molecule has 1 fully saturated rings. The van der Waals surface area contributed by atoms with Crippen molar-refractivity contribution in [2.75, 3.05) is 19.6 Å². The van der Waals surface area contributed by atoms with Crippen molar-refractivity contribution in [1.29, 1.82) is 0 Å². The molecule has 3 aromatic carbocycles. The summed E-state index contributed by atoms with van der Waals surface area (Å²) in [6.07, 6.45) is 0. The van der Waals surface area contributed by atoms with Crippen molar-refractivity contribution in [3.8, 4) is 0 Å². The van der Waals surface area contributed by atoms with Gasteiger partial charge in [-0.25, -0.2) is 0 Å².